The summed E-state index contributed by atoms with van der Waals surface area (Å²) in [4.78, 5) is 10.1. The molecule has 7 nitrogen and oxygen atoms in total. The summed E-state index contributed by atoms with van der Waals surface area (Å²) in [5, 5.41) is 36.6. The fraction of sp³-hybridized carbons (Fsp3) is 0. The monoisotopic (exact) mass is 743 g/mol. The minimum Gasteiger partial charge on any atom is -0.308 e. The molecule has 0 saturated heterocycles. The van der Waals surface area contributed by atoms with Gasteiger partial charge in [-0.1, -0.05) is 91.0 Å². The highest BCUT2D eigenvalue weighted by atomic mass is 32.1. The van der Waals surface area contributed by atoms with Gasteiger partial charge in [0.05, 0.1) is 78.6 Å². The normalized spacial score (nSPS) is 11.5. The number of thiophene rings is 1. The summed E-state index contributed by atoms with van der Waals surface area (Å²) in [5.41, 5.74) is 8.78. The number of nitrogens with zero attached hydrogens (tertiary/aromatic N) is 7. The molecule has 4 aromatic heterocycles. The number of fused-ring (bicyclic) bond motifs is 9. The summed E-state index contributed by atoms with van der Waals surface area (Å²) in [6.07, 6.45) is 3.36. The predicted octanol–water partition coefficient (Wildman–Crippen LogP) is 12.0. The van der Waals surface area contributed by atoms with Crippen molar-refractivity contribution in [2.24, 2.45) is 0 Å². The Bertz CT molecular complexity index is 3480. The number of rotatable bonds is 4. The van der Waals surface area contributed by atoms with Gasteiger partial charge in [-0.15, -0.1) is 11.3 Å². The van der Waals surface area contributed by atoms with E-state index in [4.69, 9.17) is 9.97 Å². The van der Waals surface area contributed by atoms with E-state index >= 15 is 0 Å². The molecule has 4 heterocycles. The molecule has 262 valence electrons. The number of para-hydroxylation sites is 4. The van der Waals surface area contributed by atoms with Crippen LogP contribution in [0.15, 0.2) is 152 Å². The average molecular weight is 744 g/mol. The van der Waals surface area contributed by atoms with Crippen molar-refractivity contribution in [3.05, 3.63) is 169 Å². The Kier molecular flexibility index (Phi) is 7.08. The van der Waals surface area contributed by atoms with Crippen LogP contribution in [-0.2, 0) is 0 Å². The molecule has 0 radical (unpaired) electrons. The molecular weight excluding hydrogens is 719 g/mol. The van der Waals surface area contributed by atoms with E-state index in [0.29, 0.717) is 17.0 Å². The maximum absolute atomic E-state index is 10.1. The third kappa shape index (κ3) is 4.68. The lowest BCUT2D eigenvalue weighted by molar-refractivity contribution is 1.13. The molecule has 0 fully saturated rings. The van der Waals surface area contributed by atoms with Crippen LogP contribution in [-0.4, -0.2) is 19.1 Å². The molecule has 0 saturated carbocycles. The highest BCUT2D eigenvalue weighted by Gasteiger charge is 2.26. The number of hydrogen-bond acceptors (Lipinski definition) is 6. The second kappa shape index (κ2) is 12.5. The molecule has 0 aliphatic carbocycles. The Hall–Kier alpha value is -8.09. The Morgan fingerprint density at radius 3 is 1.42 bits per heavy atom. The van der Waals surface area contributed by atoms with E-state index < -0.39 is 0 Å². The maximum Gasteiger partial charge on any atom is 0.162 e. The van der Waals surface area contributed by atoms with Crippen molar-refractivity contribution in [1.82, 2.24) is 19.1 Å². The Morgan fingerprint density at radius 2 is 0.930 bits per heavy atom. The van der Waals surface area contributed by atoms with E-state index in [1.54, 1.807) is 23.7 Å². The van der Waals surface area contributed by atoms with E-state index in [1.165, 1.54) is 22.9 Å². The summed E-state index contributed by atoms with van der Waals surface area (Å²) in [6, 6.07) is 54.4. The van der Waals surface area contributed by atoms with E-state index in [9.17, 15) is 15.8 Å². The van der Waals surface area contributed by atoms with E-state index in [0.717, 1.165) is 69.9 Å². The van der Waals surface area contributed by atoms with Crippen LogP contribution in [0.3, 0.4) is 0 Å². The van der Waals surface area contributed by atoms with Crippen LogP contribution < -0.4 is 0 Å². The summed E-state index contributed by atoms with van der Waals surface area (Å²) in [5.74, 6) is 0.506. The van der Waals surface area contributed by atoms with Crippen LogP contribution in [0.1, 0.15) is 16.7 Å². The summed E-state index contributed by atoms with van der Waals surface area (Å²) in [6.45, 7) is 0. The number of hydrogen-bond donors (Lipinski definition) is 0. The lowest BCUT2D eigenvalue weighted by Gasteiger charge is -2.19. The van der Waals surface area contributed by atoms with Crippen LogP contribution in [0.5, 0.6) is 0 Å². The van der Waals surface area contributed by atoms with Gasteiger partial charge in [0.15, 0.2) is 5.82 Å². The van der Waals surface area contributed by atoms with Gasteiger partial charge >= 0.3 is 0 Å². The van der Waals surface area contributed by atoms with Crippen LogP contribution in [0, 0.1) is 34.0 Å². The molecule has 0 amide bonds. The smallest absolute Gasteiger partial charge is 0.162 e. The SMILES string of the molecule is N#Cc1cc(C#N)c(-c2cnc(-c3c(-n4c5ccccc5c5ccccc54)cc(-n4c5ccccc5c5ccccc54)c4c3sc3ccccc34)nc2)c(C#N)c1. The standard InChI is InChI=1S/C49H25N7S/c50-24-29-21-30(25-51)45(31(22-29)26-52)32-27-53-49(54-28-32)47-43(56-40-18-8-3-13-35(40)36-14-4-9-19-41(36)56)23-42(46-37-15-5-10-20-44(37)57-48(46)47)55-38-16-6-1-11-33(38)34-12-2-7-17-39(34)55/h1-23,27-28H. The lowest BCUT2D eigenvalue weighted by atomic mass is 9.95. The van der Waals surface area contributed by atoms with Gasteiger partial charge in [0, 0.05) is 60.5 Å². The number of benzene rings is 7. The Balaban J connectivity index is 1.30. The van der Waals surface area contributed by atoms with Crippen molar-refractivity contribution in [1.29, 1.82) is 15.8 Å². The molecule has 0 aliphatic rings. The Labute approximate surface area is 329 Å². The van der Waals surface area contributed by atoms with Gasteiger partial charge in [-0.25, -0.2) is 9.97 Å². The summed E-state index contributed by atoms with van der Waals surface area (Å²) in [7, 11) is 0. The molecular formula is C49H25N7S. The van der Waals surface area contributed by atoms with Gasteiger partial charge in [-0.05, 0) is 48.5 Å². The zero-order valence-corrected chi connectivity index (χ0v) is 30.8. The first kappa shape index (κ1) is 32.3. The first-order valence-electron chi connectivity index (χ1n) is 18.3. The molecule has 0 unspecified atom stereocenters. The van der Waals surface area contributed by atoms with Gasteiger partial charge in [-0.3, -0.25) is 0 Å². The number of aromatic nitrogens is 4. The van der Waals surface area contributed by atoms with Crippen molar-refractivity contribution < 1.29 is 0 Å². The molecule has 0 aliphatic heterocycles. The minimum absolute atomic E-state index is 0.218. The summed E-state index contributed by atoms with van der Waals surface area (Å²) < 4.78 is 6.91. The third-order valence-electron chi connectivity index (χ3n) is 10.9. The fourth-order valence-electron chi connectivity index (χ4n) is 8.58. The van der Waals surface area contributed by atoms with Gasteiger partial charge in [0.1, 0.15) is 0 Å². The van der Waals surface area contributed by atoms with Crippen LogP contribution in [0.25, 0.3) is 97.7 Å². The molecule has 11 rings (SSSR count). The maximum atomic E-state index is 10.1. The predicted molar refractivity (Wildman–Crippen MR) is 229 cm³/mol. The van der Waals surface area contributed by atoms with Crippen molar-refractivity contribution in [2.75, 3.05) is 0 Å². The van der Waals surface area contributed by atoms with Crippen LogP contribution >= 0.6 is 11.3 Å². The van der Waals surface area contributed by atoms with Gasteiger partial charge < -0.3 is 9.13 Å². The summed E-state index contributed by atoms with van der Waals surface area (Å²) >= 11 is 1.72. The van der Waals surface area contributed by atoms with Gasteiger partial charge in [-0.2, -0.15) is 15.8 Å². The van der Waals surface area contributed by atoms with E-state index in [1.807, 2.05) is 0 Å². The molecule has 57 heavy (non-hydrogen) atoms. The molecule has 0 bridgehead atoms. The zero-order valence-electron chi connectivity index (χ0n) is 30.0. The minimum atomic E-state index is 0.218. The zero-order chi connectivity index (χ0) is 38.2. The molecule has 0 N–H and O–H groups in total. The Morgan fingerprint density at radius 1 is 0.474 bits per heavy atom. The quantitative estimate of drug-likeness (QED) is 0.178. The van der Waals surface area contributed by atoms with Crippen LogP contribution in [0.2, 0.25) is 0 Å². The second-order valence-corrected chi connectivity index (χ2v) is 15.0. The molecule has 7 aromatic carbocycles. The largest absolute Gasteiger partial charge is 0.308 e. The first-order valence-corrected chi connectivity index (χ1v) is 19.1. The molecule has 0 spiro atoms. The highest BCUT2D eigenvalue weighted by Crippen LogP contribution is 2.48. The second-order valence-electron chi connectivity index (χ2n) is 13.9. The fourth-order valence-corrected chi connectivity index (χ4v) is 9.84. The van der Waals surface area contributed by atoms with E-state index in [-0.39, 0.29) is 16.7 Å². The average Bonchev–Trinajstić information content (AvgIpc) is 3.94. The molecule has 0 atom stereocenters. The molecule has 11 aromatic rings. The number of nitriles is 3. The third-order valence-corrected chi connectivity index (χ3v) is 12.1. The highest BCUT2D eigenvalue weighted by molar-refractivity contribution is 7.26. The van der Waals surface area contributed by atoms with Crippen molar-refractivity contribution >= 4 is 75.1 Å². The molecule has 8 heteroatoms. The van der Waals surface area contributed by atoms with Crippen molar-refractivity contribution in [2.45, 2.75) is 0 Å². The first-order chi connectivity index (χ1) is 28.2. The van der Waals surface area contributed by atoms with Crippen LogP contribution in [0.4, 0.5) is 0 Å². The topological polar surface area (TPSA) is 107 Å². The van der Waals surface area contributed by atoms with E-state index in [2.05, 4.69) is 155 Å². The van der Waals surface area contributed by atoms with Crippen molar-refractivity contribution in [3.8, 4) is 52.1 Å². The van der Waals surface area contributed by atoms with Crippen molar-refractivity contribution in [3.63, 3.8) is 0 Å². The lowest BCUT2D eigenvalue weighted by Crippen LogP contribution is -2.04. The van der Waals surface area contributed by atoms with Gasteiger partial charge in [0.25, 0.3) is 0 Å². The van der Waals surface area contributed by atoms with Gasteiger partial charge in [0.2, 0.25) is 0 Å².